The Morgan fingerprint density at radius 1 is 0.926 bits per heavy atom. The minimum atomic E-state index is 0.250. The van der Waals surface area contributed by atoms with Gasteiger partial charge in [-0.15, -0.1) is 0 Å². The number of hydrogen-bond donors (Lipinski definition) is 1. The number of hydrogen-bond acceptors (Lipinski definition) is 1. The van der Waals surface area contributed by atoms with E-state index < -0.39 is 0 Å². The first-order valence-electron chi connectivity index (χ1n) is 10.3. The van der Waals surface area contributed by atoms with Crippen LogP contribution in [0.25, 0.3) is 0 Å². The quantitative estimate of drug-likeness (QED) is 0.425. The summed E-state index contributed by atoms with van der Waals surface area (Å²) in [5.41, 5.74) is 6.39. The SMILES string of the molecule is CCO.[CH2-]C(C)C.[SiH2]=[Zr].c1cc2c([cH-]1)CCCC2.c1cc2c([cH-]1)CCCC2. The van der Waals surface area contributed by atoms with Gasteiger partial charge in [0.05, 0.1) is 0 Å². The normalized spacial score (nSPS) is 13.7. The third-order valence-corrected chi connectivity index (χ3v) is 4.30. The van der Waals surface area contributed by atoms with Crippen LogP contribution in [0.15, 0.2) is 36.4 Å². The number of aliphatic hydroxyl groups excluding tert-OH is 1. The van der Waals surface area contributed by atoms with E-state index in [2.05, 4.69) is 57.2 Å². The second-order valence-corrected chi connectivity index (χ2v) is 7.28. The van der Waals surface area contributed by atoms with E-state index in [4.69, 9.17) is 5.11 Å². The average Bonchev–Trinajstić information content (AvgIpc) is 3.33. The van der Waals surface area contributed by atoms with Crippen LogP contribution in [-0.2, 0) is 49.0 Å². The summed E-state index contributed by atoms with van der Waals surface area (Å²) in [4.78, 5) is 0. The summed E-state index contributed by atoms with van der Waals surface area (Å²) in [5, 5.41) is 7.57. The van der Waals surface area contributed by atoms with Gasteiger partial charge in [0.1, 0.15) is 0 Å². The van der Waals surface area contributed by atoms with Crippen molar-refractivity contribution in [2.24, 2.45) is 5.92 Å². The first kappa shape index (κ1) is 26.8. The number of aliphatic hydroxyl groups is 1. The minimum absolute atomic E-state index is 0.250. The summed E-state index contributed by atoms with van der Waals surface area (Å²) in [6.45, 7) is 11.6. The molecule has 0 spiro atoms. The van der Waals surface area contributed by atoms with Crippen molar-refractivity contribution in [2.45, 2.75) is 72.1 Å². The molecule has 0 saturated heterocycles. The molecule has 1 nitrogen and oxygen atoms in total. The maximum Gasteiger partial charge on any atom is -0.0512 e. The zero-order chi connectivity index (χ0) is 20.5. The molecule has 1 N–H and O–H groups in total. The van der Waals surface area contributed by atoms with Crippen LogP contribution in [0.3, 0.4) is 0 Å². The molecule has 2 aliphatic rings. The van der Waals surface area contributed by atoms with Crippen molar-refractivity contribution in [3.63, 3.8) is 0 Å². The Labute approximate surface area is 184 Å². The second-order valence-electron chi connectivity index (χ2n) is 7.28. The van der Waals surface area contributed by atoms with Crippen molar-refractivity contribution < 1.29 is 28.4 Å². The fourth-order valence-corrected chi connectivity index (χ4v) is 3.23. The van der Waals surface area contributed by atoms with Crippen molar-refractivity contribution in [3.8, 4) is 0 Å². The second kappa shape index (κ2) is 17.8. The molecule has 0 radical (unpaired) electrons. The molecule has 0 saturated carbocycles. The molecule has 0 aromatic heterocycles. The fraction of sp³-hybridized carbons (Fsp3) is 0.542. The van der Waals surface area contributed by atoms with Crippen LogP contribution in [0.1, 0.15) is 68.7 Å². The van der Waals surface area contributed by atoms with E-state index in [1.165, 1.54) is 51.4 Å². The zero-order valence-corrected chi connectivity index (χ0v) is 21.6. The van der Waals surface area contributed by atoms with Gasteiger partial charge in [0.2, 0.25) is 0 Å². The topological polar surface area (TPSA) is 20.2 Å². The summed E-state index contributed by atoms with van der Waals surface area (Å²) in [6.07, 6.45) is 10.9. The van der Waals surface area contributed by atoms with Gasteiger partial charge in [-0.2, -0.15) is 52.4 Å². The molecule has 0 fully saturated rings. The van der Waals surface area contributed by atoms with Crippen LogP contribution in [0, 0.1) is 12.8 Å². The number of aryl methyl sites for hydroxylation is 4. The molecule has 2 aromatic rings. The van der Waals surface area contributed by atoms with Gasteiger partial charge in [0.15, 0.2) is 0 Å². The van der Waals surface area contributed by atoms with E-state index in [-0.39, 0.29) is 6.61 Å². The van der Waals surface area contributed by atoms with Crippen molar-refractivity contribution in [3.05, 3.63) is 65.6 Å². The Balaban J connectivity index is 0.000000355. The van der Waals surface area contributed by atoms with Crippen molar-refractivity contribution in [2.75, 3.05) is 6.61 Å². The first-order valence-corrected chi connectivity index (χ1v) is 16.3. The van der Waals surface area contributed by atoms with E-state index in [0.29, 0.717) is 5.92 Å². The van der Waals surface area contributed by atoms with Gasteiger partial charge in [0, 0.05) is 6.61 Å². The van der Waals surface area contributed by atoms with E-state index in [0.717, 1.165) is 0 Å². The summed E-state index contributed by atoms with van der Waals surface area (Å²) < 4.78 is 0. The van der Waals surface area contributed by atoms with Gasteiger partial charge < -0.3 is 12.0 Å². The van der Waals surface area contributed by atoms with Gasteiger partial charge >= 0.3 is 30.2 Å². The predicted molar refractivity (Wildman–Crippen MR) is 119 cm³/mol. The summed E-state index contributed by atoms with van der Waals surface area (Å²) in [7, 11) is 0. The third-order valence-electron chi connectivity index (χ3n) is 4.30. The molecule has 0 atom stereocenters. The monoisotopic (exact) mass is 461 g/mol. The predicted octanol–water partition coefficient (Wildman–Crippen LogP) is 5.12. The smallest absolute Gasteiger partial charge is 0.0512 e. The van der Waals surface area contributed by atoms with Crippen molar-refractivity contribution in [1.29, 1.82) is 0 Å². The maximum atomic E-state index is 7.57. The molecule has 0 heterocycles. The zero-order valence-electron chi connectivity index (χ0n) is 17.8. The van der Waals surface area contributed by atoms with Crippen LogP contribution in [0.2, 0.25) is 0 Å². The Morgan fingerprint density at radius 3 is 1.52 bits per heavy atom. The molecule has 152 valence electrons. The molecule has 0 amide bonds. The molecule has 3 heteroatoms. The summed E-state index contributed by atoms with van der Waals surface area (Å²) >= 11 is 1.58. The fourth-order valence-electron chi connectivity index (χ4n) is 3.23. The third kappa shape index (κ3) is 12.8. The Morgan fingerprint density at radius 2 is 1.22 bits per heavy atom. The summed E-state index contributed by atoms with van der Waals surface area (Å²) in [6, 6.07) is 13.4. The Kier molecular flexibility index (Phi) is 17.7. The molecular weight excluding hydrogens is 424 g/mol. The molecule has 2 aliphatic carbocycles. The van der Waals surface area contributed by atoms with Gasteiger partial charge in [-0.3, -0.25) is 0 Å². The average molecular weight is 463 g/mol. The Bertz CT molecular complexity index is 480. The number of fused-ring (bicyclic) bond motifs is 2. The standard InChI is InChI=1S/2C9H11.C4H9.C2H6O.H2Si.Zr/c2*1-2-5-9-7-3-6-8(9)4-1;1-4(2)3;1-2-3;;/h2*3,6-7H,1-2,4-5H2;4H,1H2,2-3H3;3H,2H2,1H3;1H2;/q3*-1;;;. The van der Waals surface area contributed by atoms with Crippen molar-refractivity contribution >= 4 is 6.88 Å². The van der Waals surface area contributed by atoms with E-state index in [9.17, 15) is 0 Å². The molecule has 27 heavy (non-hydrogen) atoms. The molecule has 0 unspecified atom stereocenters. The van der Waals surface area contributed by atoms with E-state index in [1.54, 1.807) is 52.5 Å². The molecule has 0 aliphatic heterocycles. The van der Waals surface area contributed by atoms with Gasteiger partial charge in [0.25, 0.3) is 0 Å². The Hall–Kier alpha value is -0.240. The molecule has 2 aromatic carbocycles. The van der Waals surface area contributed by atoms with Gasteiger partial charge in [-0.25, -0.2) is 12.1 Å². The minimum Gasteiger partial charge on any atom is -0.210 e. The molecule has 4 rings (SSSR count). The van der Waals surface area contributed by atoms with Crippen LogP contribution in [0.5, 0.6) is 0 Å². The van der Waals surface area contributed by atoms with E-state index in [1.807, 2.05) is 6.88 Å². The first-order chi connectivity index (χ1) is 13.1. The van der Waals surface area contributed by atoms with Crippen molar-refractivity contribution in [1.82, 2.24) is 0 Å². The number of rotatable bonds is 0. The van der Waals surface area contributed by atoms with Crippen LogP contribution >= 0.6 is 0 Å². The van der Waals surface area contributed by atoms with Crippen LogP contribution in [-0.4, -0.2) is 18.6 Å². The molecule has 0 bridgehead atoms. The maximum absolute atomic E-state index is 7.57. The largest absolute Gasteiger partial charge is 0.210 e. The van der Waals surface area contributed by atoms with Gasteiger partial charge in [-0.1, -0.05) is 65.2 Å². The van der Waals surface area contributed by atoms with E-state index >= 15 is 0 Å². The summed E-state index contributed by atoms with van der Waals surface area (Å²) in [5.74, 6) is 0.583. The van der Waals surface area contributed by atoms with Gasteiger partial charge in [-0.05, 0) is 6.92 Å². The van der Waals surface area contributed by atoms with Crippen LogP contribution in [0.4, 0.5) is 0 Å². The molecular formula is C24H39OSiZr-3. The van der Waals surface area contributed by atoms with Crippen LogP contribution < -0.4 is 0 Å².